The Balaban J connectivity index is 3.33. The predicted molar refractivity (Wildman–Crippen MR) is 66.7 cm³/mol. The van der Waals surface area contributed by atoms with Crippen molar-refractivity contribution in [2.24, 2.45) is 0 Å². The maximum absolute atomic E-state index is 10.9. The number of nitrogens with one attached hydrogen (secondary N) is 2. The van der Waals surface area contributed by atoms with Crippen LogP contribution in [0, 0.1) is 0 Å². The van der Waals surface area contributed by atoms with Gasteiger partial charge in [0.15, 0.2) is 0 Å². The van der Waals surface area contributed by atoms with Crippen LogP contribution in [-0.4, -0.2) is 37.2 Å². The Bertz CT molecular complexity index is 245. The van der Waals surface area contributed by atoms with Crippen molar-refractivity contribution in [3.8, 4) is 0 Å². The molecule has 6 nitrogen and oxygen atoms in total. The van der Waals surface area contributed by atoms with Crippen LogP contribution in [0.15, 0.2) is 25.3 Å². The van der Waals surface area contributed by atoms with Gasteiger partial charge in [-0.3, -0.25) is 0 Å². The zero-order valence-electron chi connectivity index (χ0n) is 9.44. The summed E-state index contributed by atoms with van der Waals surface area (Å²) >= 11 is 1.30. The number of carbonyl (C=O) groups excluding carboxylic acids is 2. The lowest BCUT2D eigenvalue weighted by atomic mass is 10.7. The topological polar surface area (TPSA) is 76.7 Å². The molecule has 0 saturated heterocycles. The molecule has 0 aromatic heterocycles. The van der Waals surface area contributed by atoms with E-state index in [0.29, 0.717) is 11.8 Å². The van der Waals surface area contributed by atoms with E-state index in [1.165, 1.54) is 23.9 Å². The van der Waals surface area contributed by atoms with Gasteiger partial charge >= 0.3 is 12.2 Å². The summed E-state index contributed by atoms with van der Waals surface area (Å²) in [6.07, 6.45) is 1.91. The SMILES string of the molecule is C=CCOC(=O)NCSCNC(=O)OCC=C. The van der Waals surface area contributed by atoms with Crippen molar-refractivity contribution < 1.29 is 19.1 Å². The van der Waals surface area contributed by atoms with E-state index in [0.717, 1.165) is 0 Å². The summed E-state index contributed by atoms with van der Waals surface area (Å²) in [5.74, 6) is 0.662. The molecule has 0 saturated carbocycles. The molecule has 0 aliphatic carbocycles. The van der Waals surface area contributed by atoms with Crippen molar-refractivity contribution in [3.05, 3.63) is 25.3 Å². The highest BCUT2D eigenvalue weighted by atomic mass is 32.2. The van der Waals surface area contributed by atoms with Crippen molar-refractivity contribution in [2.75, 3.05) is 25.0 Å². The molecule has 0 bridgehead atoms. The van der Waals surface area contributed by atoms with Gasteiger partial charge in [0.25, 0.3) is 0 Å². The monoisotopic (exact) mass is 260 g/mol. The number of carbonyl (C=O) groups is 2. The zero-order chi connectivity index (χ0) is 12.9. The summed E-state index contributed by atoms with van der Waals surface area (Å²) in [6, 6.07) is 0. The van der Waals surface area contributed by atoms with E-state index in [-0.39, 0.29) is 13.2 Å². The van der Waals surface area contributed by atoms with E-state index in [1.807, 2.05) is 0 Å². The van der Waals surface area contributed by atoms with E-state index in [2.05, 4.69) is 33.3 Å². The van der Waals surface area contributed by atoms with Gasteiger partial charge in [0.1, 0.15) is 13.2 Å². The molecule has 0 heterocycles. The average molecular weight is 260 g/mol. The Morgan fingerprint density at radius 3 is 1.76 bits per heavy atom. The summed E-state index contributed by atoms with van der Waals surface area (Å²) in [4.78, 5) is 21.8. The summed E-state index contributed by atoms with van der Waals surface area (Å²) < 4.78 is 9.33. The molecule has 0 spiro atoms. The van der Waals surface area contributed by atoms with E-state index in [1.54, 1.807) is 0 Å². The van der Waals surface area contributed by atoms with Gasteiger partial charge in [0.2, 0.25) is 0 Å². The fraction of sp³-hybridized carbons (Fsp3) is 0.400. The lowest BCUT2D eigenvalue weighted by Gasteiger charge is -2.06. The Morgan fingerprint density at radius 1 is 1.00 bits per heavy atom. The zero-order valence-corrected chi connectivity index (χ0v) is 10.3. The number of hydrogen-bond donors (Lipinski definition) is 2. The molecule has 0 rings (SSSR count). The molecule has 96 valence electrons. The first-order valence-corrected chi connectivity index (χ1v) is 5.97. The summed E-state index contributed by atoms with van der Waals surface area (Å²) in [7, 11) is 0. The minimum absolute atomic E-state index is 0.169. The van der Waals surface area contributed by atoms with Gasteiger partial charge in [-0.15, -0.1) is 11.8 Å². The van der Waals surface area contributed by atoms with Crippen molar-refractivity contribution in [1.29, 1.82) is 0 Å². The Kier molecular flexibility index (Phi) is 9.83. The van der Waals surface area contributed by atoms with Crippen LogP contribution in [0.1, 0.15) is 0 Å². The summed E-state index contributed by atoms with van der Waals surface area (Å²) in [5.41, 5.74) is 0. The Morgan fingerprint density at radius 2 is 1.41 bits per heavy atom. The molecular formula is C10H16N2O4S. The first-order valence-electron chi connectivity index (χ1n) is 4.81. The number of thioether (sulfide) groups is 1. The quantitative estimate of drug-likeness (QED) is 0.392. The summed E-state index contributed by atoms with van der Waals surface area (Å²) in [5, 5.41) is 4.96. The highest BCUT2D eigenvalue weighted by Gasteiger charge is 2.01. The van der Waals surface area contributed by atoms with Crippen LogP contribution in [-0.2, 0) is 9.47 Å². The largest absolute Gasteiger partial charge is 0.445 e. The molecule has 0 radical (unpaired) electrons. The molecule has 0 aliphatic rings. The molecule has 0 fully saturated rings. The van der Waals surface area contributed by atoms with Crippen LogP contribution >= 0.6 is 11.8 Å². The summed E-state index contributed by atoms with van der Waals surface area (Å²) in [6.45, 7) is 7.15. The van der Waals surface area contributed by atoms with Crippen LogP contribution in [0.4, 0.5) is 9.59 Å². The maximum Gasteiger partial charge on any atom is 0.408 e. The number of alkyl carbamates (subject to hydrolysis) is 2. The third-order valence-corrected chi connectivity index (χ3v) is 2.00. The van der Waals surface area contributed by atoms with Crippen LogP contribution in [0.5, 0.6) is 0 Å². The van der Waals surface area contributed by atoms with Gasteiger partial charge in [-0.1, -0.05) is 25.3 Å². The van der Waals surface area contributed by atoms with Crippen molar-refractivity contribution in [2.45, 2.75) is 0 Å². The standard InChI is InChI=1S/C10H16N2O4S/c1-3-5-15-9(13)11-7-17-8-12-10(14)16-6-4-2/h3-4H,1-2,5-8H2,(H,11,13)(H,12,14). The van der Waals surface area contributed by atoms with Gasteiger partial charge in [-0.2, -0.15) is 0 Å². The first kappa shape index (κ1) is 15.4. The molecule has 2 amide bonds. The maximum atomic E-state index is 10.9. The Labute approximate surface area is 104 Å². The molecule has 0 aromatic carbocycles. The number of hydrogen-bond acceptors (Lipinski definition) is 5. The van der Waals surface area contributed by atoms with Gasteiger partial charge in [0, 0.05) is 0 Å². The lowest BCUT2D eigenvalue weighted by Crippen LogP contribution is -2.27. The van der Waals surface area contributed by atoms with Crippen LogP contribution < -0.4 is 10.6 Å². The number of ether oxygens (including phenoxy) is 2. The molecule has 0 unspecified atom stereocenters. The van der Waals surface area contributed by atoms with E-state index in [9.17, 15) is 9.59 Å². The highest BCUT2D eigenvalue weighted by Crippen LogP contribution is 1.94. The molecule has 0 aliphatic heterocycles. The van der Waals surface area contributed by atoms with Gasteiger partial charge in [0.05, 0.1) is 11.8 Å². The molecular weight excluding hydrogens is 244 g/mol. The smallest absolute Gasteiger partial charge is 0.408 e. The first-order chi connectivity index (χ1) is 8.20. The molecule has 7 heteroatoms. The predicted octanol–water partition coefficient (Wildman–Crippen LogP) is 1.46. The number of amides is 2. The molecule has 0 atom stereocenters. The van der Waals surface area contributed by atoms with Gasteiger partial charge in [-0.25, -0.2) is 9.59 Å². The van der Waals surface area contributed by atoms with Crippen molar-refractivity contribution in [3.63, 3.8) is 0 Å². The van der Waals surface area contributed by atoms with E-state index in [4.69, 9.17) is 0 Å². The van der Waals surface area contributed by atoms with Crippen molar-refractivity contribution in [1.82, 2.24) is 10.6 Å². The van der Waals surface area contributed by atoms with Gasteiger partial charge < -0.3 is 20.1 Å². The second-order valence-corrected chi connectivity index (χ2v) is 3.61. The second kappa shape index (κ2) is 10.9. The number of rotatable bonds is 8. The second-order valence-electron chi connectivity index (χ2n) is 2.62. The minimum atomic E-state index is -0.522. The molecule has 2 N–H and O–H groups in total. The van der Waals surface area contributed by atoms with Gasteiger partial charge in [-0.05, 0) is 0 Å². The molecule has 0 aromatic rings. The van der Waals surface area contributed by atoms with Crippen molar-refractivity contribution >= 4 is 23.9 Å². The fourth-order valence-electron chi connectivity index (χ4n) is 0.642. The molecule has 17 heavy (non-hydrogen) atoms. The average Bonchev–Trinajstić information content (AvgIpc) is 2.33. The highest BCUT2D eigenvalue weighted by molar-refractivity contribution is 7.99. The fourth-order valence-corrected chi connectivity index (χ4v) is 1.18. The van der Waals surface area contributed by atoms with E-state index >= 15 is 0 Å². The van der Waals surface area contributed by atoms with Crippen LogP contribution in [0.3, 0.4) is 0 Å². The van der Waals surface area contributed by atoms with Crippen LogP contribution in [0.2, 0.25) is 0 Å². The van der Waals surface area contributed by atoms with Crippen LogP contribution in [0.25, 0.3) is 0 Å². The minimum Gasteiger partial charge on any atom is -0.445 e. The normalized spacial score (nSPS) is 8.94. The van der Waals surface area contributed by atoms with E-state index < -0.39 is 12.2 Å². The lowest BCUT2D eigenvalue weighted by molar-refractivity contribution is 0.160. The third-order valence-electron chi connectivity index (χ3n) is 1.30. The third kappa shape index (κ3) is 10.6. The Hall–Kier alpha value is -1.63.